The number of aromatic nitrogens is 1. The molecule has 0 bridgehead atoms. The molecule has 178 valence electrons. The first kappa shape index (κ1) is 23.1. The third kappa shape index (κ3) is 4.64. The van der Waals surface area contributed by atoms with E-state index in [1.165, 1.54) is 17.8 Å². The van der Waals surface area contributed by atoms with E-state index in [1.54, 1.807) is 13.2 Å². The molecule has 7 heteroatoms. The molecule has 3 N–H and O–H groups in total. The number of benzene rings is 2. The lowest BCUT2D eigenvalue weighted by atomic mass is 9.96. The zero-order valence-corrected chi connectivity index (χ0v) is 20.4. The van der Waals surface area contributed by atoms with Crippen molar-refractivity contribution in [2.24, 2.45) is 5.73 Å². The van der Waals surface area contributed by atoms with Gasteiger partial charge in [-0.15, -0.1) is 11.3 Å². The van der Waals surface area contributed by atoms with Crippen molar-refractivity contribution in [2.75, 3.05) is 12.4 Å². The van der Waals surface area contributed by atoms with Crippen LogP contribution in [0.15, 0.2) is 54.6 Å². The zero-order valence-electron chi connectivity index (χ0n) is 19.6. The summed E-state index contributed by atoms with van der Waals surface area (Å²) in [5.74, 6) is -0.0648. The molecule has 2 aromatic carbocycles. The van der Waals surface area contributed by atoms with Gasteiger partial charge in [-0.3, -0.25) is 9.59 Å². The smallest absolute Gasteiger partial charge is 0.257 e. The molecule has 2 amide bonds. The Hall–Kier alpha value is -3.71. The number of rotatable bonds is 5. The second-order valence-corrected chi connectivity index (χ2v) is 9.85. The molecule has 0 saturated heterocycles. The number of amides is 2. The molecule has 0 spiro atoms. The molecule has 4 aromatic rings. The van der Waals surface area contributed by atoms with Crippen molar-refractivity contribution in [2.45, 2.75) is 38.5 Å². The van der Waals surface area contributed by atoms with E-state index in [0.717, 1.165) is 53.5 Å². The summed E-state index contributed by atoms with van der Waals surface area (Å²) in [6.07, 6.45) is 6.16. The van der Waals surface area contributed by atoms with Crippen molar-refractivity contribution in [3.8, 4) is 17.0 Å². The molecule has 35 heavy (non-hydrogen) atoms. The number of nitrogens with zero attached hydrogens (tertiary/aromatic N) is 1. The lowest BCUT2D eigenvalue weighted by Gasteiger charge is -2.12. The summed E-state index contributed by atoms with van der Waals surface area (Å²) in [5.41, 5.74) is 9.99. The highest BCUT2D eigenvalue weighted by atomic mass is 32.1. The number of aryl methyl sites for hydroxylation is 1. The number of pyridine rings is 1. The number of methoxy groups -OCH3 is 1. The number of hydrogen-bond donors (Lipinski definition) is 2. The Bertz CT molecular complexity index is 1430. The third-order valence-corrected chi connectivity index (χ3v) is 7.68. The van der Waals surface area contributed by atoms with Crippen LogP contribution in [0.2, 0.25) is 0 Å². The van der Waals surface area contributed by atoms with Gasteiger partial charge in [0.2, 0.25) is 0 Å². The molecular weight excluding hydrogens is 458 g/mol. The minimum Gasteiger partial charge on any atom is -0.497 e. The quantitative estimate of drug-likeness (QED) is 0.363. The van der Waals surface area contributed by atoms with Crippen molar-refractivity contribution in [1.29, 1.82) is 0 Å². The summed E-state index contributed by atoms with van der Waals surface area (Å²) < 4.78 is 5.36. The van der Waals surface area contributed by atoms with Crippen molar-refractivity contribution in [3.05, 3.63) is 76.2 Å². The maximum absolute atomic E-state index is 13.6. The summed E-state index contributed by atoms with van der Waals surface area (Å²) in [4.78, 5) is 32.0. The van der Waals surface area contributed by atoms with Gasteiger partial charge in [-0.05, 0) is 55.5 Å². The van der Waals surface area contributed by atoms with Crippen LogP contribution in [0.3, 0.4) is 0 Å². The van der Waals surface area contributed by atoms with Crippen LogP contribution >= 0.6 is 11.3 Å². The predicted molar refractivity (Wildman–Crippen MR) is 140 cm³/mol. The van der Waals surface area contributed by atoms with Gasteiger partial charge >= 0.3 is 0 Å². The predicted octanol–water partition coefficient (Wildman–Crippen LogP) is 5.98. The van der Waals surface area contributed by atoms with Gasteiger partial charge < -0.3 is 15.8 Å². The normalized spacial score (nSPS) is 13.5. The molecule has 0 atom stereocenters. The molecule has 2 heterocycles. The molecule has 6 nitrogen and oxygen atoms in total. The highest BCUT2D eigenvalue weighted by molar-refractivity contribution is 7.17. The summed E-state index contributed by atoms with van der Waals surface area (Å²) in [6.45, 7) is 0. The van der Waals surface area contributed by atoms with Crippen molar-refractivity contribution < 1.29 is 14.3 Å². The van der Waals surface area contributed by atoms with Crippen LogP contribution in [0.5, 0.6) is 5.75 Å². The van der Waals surface area contributed by atoms with Crippen LogP contribution in [0.1, 0.15) is 56.8 Å². The standard InChI is InChI=1S/C28H27N3O3S/c1-34-18-10-8-9-17(15-18)23-16-21(19-11-6-7-13-22(19)30-23)27(33)31-28-25(26(29)32)20-12-4-2-3-5-14-24(20)35-28/h6-11,13,15-16H,2-5,12,14H2,1H3,(H2,29,32)(H,31,33). The first-order valence-electron chi connectivity index (χ1n) is 11.8. The summed E-state index contributed by atoms with van der Waals surface area (Å²) in [7, 11) is 1.62. The number of nitrogens with two attached hydrogens (primary N) is 1. The fraction of sp³-hybridized carbons (Fsp3) is 0.250. The zero-order chi connectivity index (χ0) is 24.4. The number of carbonyl (C=O) groups is 2. The van der Waals surface area contributed by atoms with E-state index in [9.17, 15) is 9.59 Å². The second kappa shape index (κ2) is 9.88. The molecule has 5 rings (SSSR count). The molecular formula is C28H27N3O3S. The van der Waals surface area contributed by atoms with E-state index in [0.29, 0.717) is 33.1 Å². The molecule has 0 aliphatic heterocycles. The number of primary amides is 1. The largest absolute Gasteiger partial charge is 0.497 e. The first-order valence-corrected chi connectivity index (χ1v) is 12.7. The number of hydrogen-bond acceptors (Lipinski definition) is 5. The number of anilines is 1. The van der Waals surface area contributed by atoms with Gasteiger partial charge in [-0.1, -0.05) is 43.2 Å². The van der Waals surface area contributed by atoms with E-state index in [1.807, 2.05) is 48.5 Å². The number of ether oxygens (including phenoxy) is 1. The maximum atomic E-state index is 13.6. The topological polar surface area (TPSA) is 94.3 Å². The van der Waals surface area contributed by atoms with Gasteiger partial charge in [0.05, 0.1) is 29.4 Å². The molecule has 1 aliphatic rings. The van der Waals surface area contributed by atoms with Crippen LogP contribution in [0.4, 0.5) is 5.00 Å². The summed E-state index contributed by atoms with van der Waals surface area (Å²) in [5, 5.41) is 4.31. The fourth-order valence-electron chi connectivity index (χ4n) is 4.73. The van der Waals surface area contributed by atoms with Crippen LogP contribution < -0.4 is 15.8 Å². The molecule has 0 saturated carbocycles. The third-order valence-electron chi connectivity index (χ3n) is 6.47. The molecule has 0 fully saturated rings. The van der Waals surface area contributed by atoms with Gasteiger partial charge in [-0.25, -0.2) is 4.98 Å². The van der Waals surface area contributed by atoms with Crippen LogP contribution in [-0.2, 0) is 12.8 Å². The Labute approximate surface area is 208 Å². The van der Waals surface area contributed by atoms with Crippen LogP contribution in [0, 0.1) is 0 Å². The van der Waals surface area contributed by atoms with Crippen molar-refractivity contribution >= 4 is 39.1 Å². The summed E-state index contributed by atoms with van der Waals surface area (Å²) >= 11 is 1.48. The number of carbonyl (C=O) groups excluding carboxylic acids is 2. The van der Waals surface area contributed by atoms with Crippen LogP contribution in [-0.4, -0.2) is 23.9 Å². The van der Waals surface area contributed by atoms with E-state index in [2.05, 4.69) is 5.32 Å². The SMILES string of the molecule is COc1cccc(-c2cc(C(=O)Nc3sc4c(c3C(N)=O)CCCCCC4)c3ccccc3n2)c1. The van der Waals surface area contributed by atoms with Crippen LogP contribution in [0.25, 0.3) is 22.2 Å². The highest BCUT2D eigenvalue weighted by Crippen LogP contribution is 2.37. The highest BCUT2D eigenvalue weighted by Gasteiger charge is 2.25. The Balaban J connectivity index is 1.58. The van der Waals surface area contributed by atoms with Gasteiger partial charge in [0.15, 0.2) is 0 Å². The Morgan fingerprint density at radius 1 is 1.00 bits per heavy atom. The van der Waals surface area contributed by atoms with Crippen molar-refractivity contribution in [1.82, 2.24) is 4.98 Å². The molecule has 2 aromatic heterocycles. The molecule has 0 radical (unpaired) electrons. The Morgan fingerprint density at radius 3 is 2.60 bits per heavy atom. The van der Waals surface area contributed by atoms with E-state index < -0.39 is 5.91 Å². The number of para-hydroxylation sites is 1. The average molecular weight is 486 g/mol. The maximum Gasteiger partial charge on any atom is 0.257 e. The van der Waals surface area contributed by atoms with E-state index in [-0.39, 0.29) is 5.91 Å². The second-order valence-electron chi connectivity index (χ2n) is 8.74. The number of nitrogens with one attached hydrogen (secondary N) is 1. The fourth-order valence-corrected chi connectivity index (χ4v) is 6.02. The first-order chi connectivity index (χ1) is 17.0. The van der Waals surface area contributed by atoms with Gasteiger partial charge in [-0.2, -0.15) is 0 Å². The lowest BCUT2D eigenvalue weighted by Crippen LogP contribution is -2.18. The number of thiophene rings is 1. The Kier molecular flexibility index (Phi) is 6.51. The van der Waals surface area contributed by atoms with Crippen molar-refractivity contribution in [3.63, 3.8) is 0 Å². The van der Waals surface area contributed by atoms with E-state index in [4.69, 9.17) is 15.5 Å². The minimum absolute atomic E-state index is 0.288. The average Bonchev–Trinajstić information content (AvgIpc) is 3.19. The minimum atomic E-state index is -0.491. The van der Waals surface area contributed by atoms with Gasteiger partial charge in [0, 0.05) is 15.8 Å². The number of fused-ring (bicyclic) bond motifs is 2. The molecule has 1 aliphatic carbocycles. The van der Waals surface area contributed by atoms with E-state index >= 15 is 0 Å². The monoisotopic (exact) mass is 485 g/mol. The summed E-state index contributed by atoms with van der Waals surface area (Å²) in [6, 6.07) is 16.9. The lowest BCUT2D eigenvalue weighted by molar-refractivity contribution is 0.100. The molecule has 0 unspecified atom stereocenters. The Morgan fingerprint density at radius 2 is 1.80 bits per heavy atom. The van der Waals surface area contributed by atoms with Gasteiger partial charge in [0.1, 0.15) is 10.8 Å². The van der Waals surface area contributed by atoms with Gasteiger partial charge in [0.25, 0.3) is 11.8 Å².